The summed E-state index contributed by atoms with van der Waals surface area (Å²) in [5, 5.41) is 8.66. The smallest absolute Gasteiger partial charge is 0.0431 e. The minimum atomic E-state index is 0.157. The van der Waals surface area contributed by atoms with Crippen molar-refractivity contribution >= 4 is 0 Å². The number of hydrogen-bond donors (Lipinski definition) is 2. The molecule has 1 rings (SSSR count). The molecule has 2 heteroatoms. The first-order valence-electron chi connectivity index (χ1n) is 4.62. The first-order valence-corrected chi connectivity index (χ1v) is 4.62. The lowest BCUT2D eigenvalue weighted by atomic mass is 9.90. The molecule has 0 heterocycles. The highest BCUT2D eigenvalue weighted by molar-refractivity contribution is 5.03. The van der Waals surface area contributed by atoms with E-state index in [0.717, 1.165) is 19.3 Å². The fourth-order valence-electron chi connectivity index (χ4n) is 1.79. The van der Waals surface area contributed by atoms with Gasteiger partial charge in [0.05, 0.1) is 0 Å². The summed E-state index contributed by atoms with van der Waals surface area (Å²) >= 11 is 0. The molecule has 0 saturated heterocycles. The predicted octanol–water partition coefficient (Wildman–Crippen LogP) is 1.28. The van der Waals surface area contributed by atoms with Crippen LogP contribution in [0.25, 0.3) is 0 Å². The summed E-state index contributed by atoms with van der Waals surface area (Å²) in [6.07, 6.45) is 5.56. The fourth-order valence-corrected chi connectivity index (χ4v) is 1.79. The highest BCUT2D eigenvalue weighted by Gasteiger charge is 2.43. The third kappa shape index (κ3) is 2.17. The van der Waals surface area contributed by atoms with Crippen molar-refractivity contribution in [2.45, 2.75) is 44.6 Å². The minimum absolute atomic E-state index is 0.157. The van der Waals surface area contributed by atoms with Gasteiger partial charge in [0.15, 0.2) is 0 Å². The van der Waals surface area contributed by atoms with Crippen LogP contribution >= 0.6 is 0 Å². The van der Waals surface area contributed by atoms with Crippen molar-refractivity contribution < 1.29 is 5.11 Å². The Labute approximate surface area is 68.8 Å². The van der Waals surface area contributed by atoms with E-state index in [1.54, 1.807) is 0 Å². The molecule has 1 unspecified atom stereocenters. The molecular weight excluding hydrogens is 138 g/mol. The molecular formula is C9H19NO. The van der Waals surface area contributed by atoms with Gasteiger partial charge in [-0.2, -0.15) is 0 Å². The van der Waals surface area contributed by atoms with Crippen LogP contribution in [0.2, 0.25) is 0 Å². The van der Waals surface area contributed by atoms with E-state index in [1.807, 2.05) is 0 Å². The Morgan fingerprint density at radius 3 is 2.55 bits per heavy atom. The summed E-state index contributed by atoms with van der Waals surface area (Å²) < 4.78 is 0. The number of aliphatic hydroxyl groups excluding tert-OH is 1. The lowest BCUT2D eigenvalue weighted by molar-refractivity contribution is 0.256. The second-order valence-corrected chi connectivity index (χ2v) is 3.70. The molecule has 1 saturated carbocycles. The van der Waals surface area contributed by atoms with Gasteiger partial charge in [0.1, 0.15) is 0 Å². The molecule has 1 atom stereocenters. The SMILES string of the molecule is CCC(CCCO)C1(N)CC1. The van der Waals surface area contributed by atoms with Gasteiger partial charge in [-0.3, -0.25) is 0 Å². The summed E-state index contributed by atoms with van der Waals surface area (Å²) in [6, 6.07) is 0. The zero-order chi connectivity index (χ0) is 8.32. The van der Waals surface area contributed by atoms with E-state index < -0.39 is 0 Å². The average molecular weight is 157 g/mol. The van der Waals surface area contributed by atoms with Crippen molar-refractivity contribution in [1.29, 1.82) is 0 Å². The predicted molar refractivity (Wildman–Crippen MR) is 46.3 cm³/mol. The molecule has 0 amide bonds. The monoisotopic (exact) mass is 157 g/mol. The van der Waals surface area contributed by atoms with Crippen LogP contribution < -0.4 is 5.73 Å². The van der Waals surface area contributed by atoms with Gasteiger partial charge in [0, 0.05) is 12.1 Å². The third-order valence-electron chi connectivity index (χ3n) is 2.84. The first-order chi connectivity index (χ1) is 5.23. The zero-order valence-electron chi connectivity index (χ0n) is 7.34. The van der Waals surface area contributed by atoms with Crippen LogP contribution in [0.15, 0.2) is 0 Å². The fraction of sp³-hybridized carbons (Fsp3) is 1.00. The Hall–Kier alpha value is -0.0800. The molecule has 1 aliphatic rings. The second kappa shape index (κ2) is 3.55. The molecule has 0 aromatic heterocycles. The van der Waals surface area contributed by atoms with Crippen LogP contribution in [-0.2, 0) is 0 Å². The lowest BCUT2D eigenvalue weighted by Gasteiger charge is -2.21. The number of rotatable bonds is 5. The summed E-state index contributed by atoms with van der Waals surface area (Å²) in [5.41, 5.74) is 6.22. The molecule has 0 radical (unpaired) electrons. The zero-order valence-corrected chi connectivity index (χ0v) is 7.34. The quantitative estimate of drug-likeness (QED) is 0.631. The van der Waals surface area contributed by atoms with Gasteiger partial charge < -0.3 is 10.8 Å². The highest BCUT2D eigenvalue weighted by atomic mass is 16.2. The average Bonchev–Trinajstić information content (AvgIpc) is 2.71. The van der Waals surface area contributed by atoms with Crippen molar-refractivity contribution in [3.05, 3.63) is 0 Å². The normalized spacial score (nSPS) is 23.2. The van der Waals surface area contributed by atoms with Crippen LogP contribution in [0.4, 0.5) is 0 Å². The van der Waals surface area contributed by atoms with Gasteiger partial charge in [-0.25, -0.2) is 0 Å². The Kier molecular flexibility index (Phi) is 2.90. The maximum Gasteiger partial charge on any atom is 0.0431 e. The molecule has 0 aromatic carbocycles. The van der Waals surface area contributed by atoms with Crippen LogP contribution in [0, 0.1) is 5.92 Å². The molecule has 0 aliphatic heterocycles. The van der Waals surface area contributed by atoms with Crippen LogP contribution in [0.3, 0.4) is 0 Å². The van der Waals surface area contributed by atoms with Gasteiger partial charge in [-0.1, -0.05) is 13.3 Å². The van der Waals surface area contributed by atoms with Crippen molar-refractivity contribution in [3.8, 4) is 0 Å². The summed E-state index contributed by atoms with van der Waals surface area (Å²) in [5.74, 6) is 0.648. The summed E-state index contributed by atoms with van der Waals surface area (Å²) in [6.45, 7) is 2.50. The third-order valence-corrected chi connectivity index (χ3v) is 2.84. The molecule has 1 aliphatic carbocycles. The van der Waals surface area contributed by atoms with E-state index in [-0.39, 0.29) is 5.54 Å². The maximum atomic E-state index is 8.66. The second-order valence-electron chi connectivity index (χ2n) is 3.70. The Balaban J connectivity index is 2.25. The van der Waals surface area contributed by atoms with E-state index >= 15 is 0 Å². The van der Waals surface area contributed by atoms with E-state index in [1.165, 1.54) is 12.8 Å². The van der Waals surface area contributed by atoms with Gasteiger partial charge >= 0.3 is 0 Å². The molecule has 0 aromatic rings. The maximum absolute atomic E-state index is 8.66. The van der Waals surface area contributed by atoms with Crippen molar-refractivity contribution in [3.63, 3.8) is 0 Å². The van der Waals surface area contributed by atoms with Gasteiger partial charge in [0.2, 0.25) is 0 Å². The van der Waals surface area contributed by atoms with Crippen LogP contribution in [0.5, 0.6) is 0 Å². The standard InChI is InChI=1S/C9H19NO/c1-2-8(4-3-7-11)9(10)5-6-9/h8,11H,2-7,10H2,1H3. The van der Waals surface area contributed by atoms with E-state index in [9.17, 15) is 0 Å². The largest absolute Gasteiger partial charge is 0.396 e. The molecule has 3 N–H and O–H groups in total. The molecule has 0 bridgehead atoms. The van der Waals surface area contributed by atoms with E-state index in [2.05, 4.69) is 6.92 Å². The van der Waals surface area contributed by atoms with Gasteiger partial charge in [-0.05, 0) is 31.6 Å². The molecule has 66 valence electrons. The number of aliphatic hydroxyl groups is 1. The molecule has 2 nitrogen and oxygen atoms in total. The molecule has 0 spiro atoms. The lowest BCUT2D eigenvalue weighted by Crippen LogP contribution is -2.32. The molecule has 1 fully saturated rings. The Morgan fingerprint density at radius 1 is 1.55 bits per heavy atom. The van der Waals surface area contributed by atoms with Crippen molar-refractivity contribution in [2.75, 3.05) is 6.61 Å². The Bertz CT molecular complexity index is 121. The van der Waals surface area contributed by atoms with Crippen molar-refractivity contribution in [2.24, 2.45) is 11.7 Å². The van der Waals surface area contributed by atoms with Gasteiger partial charge in [-0.15, -0.1) is 0 Å². The number of hydrogen-bond acceptors (Lipinski definition) is 2. The van der Waals surface area contributed by atoms with Crippen molar-refractivity contribution in [1.82, 2.24) is 0 Å². The first kappa shape index (κ1) is 9.01. The summed E-state index contributed by atoms with van der Waals surface area (Å²) in [7, 11) is 0. The highest BCUT2D eigenvalue weighted by Crippen LogP contribution is 2.43. The Morgan fingerprint density at radius 2 is 2.18 bits per heavy atom. The van der Waals surface area contributed by atoms with E-state index in [4.69, 9.17) is 10.8 Å². The van der Waals surface area contributed by atoms with Crippen LogP contribution in [-0.4, -0.2) is 17.3 Å². The van der Waals surface area contributed by atoms with Gasteiger partial charge in [0.25, 0.3) is 0 Å². The topological polar surface area (TPSA) is 46.2 Å². The minimum Gasteiger partial charge on any atom is -0.396 e. The summed E-state index contributed by atoms with van der Waals surface area (Å²) in [4.78, 5) is 0. The van der Waals surface area contributed by atoms with E-state index in [0.29, 0.717) is 12.5 Å². The van der Waals surface area contributed by atoms with Crippen LogP contribution in [0.1, 0.15) is 39.0 Å². The number of nitrogens with two attached hydrogens (primary N) is 1. The molecule has 11 heavy (non-hydrogen) atoms.